The van der Waals surface area contributed by atoms with Crippen LogP contribution < -0.4 is 5.32 Å². The zero-order valence-corrected chi connectivity index (χ0v) is 26.5. The third-order valence-corrected chi connectivity index (χ3v) is 9.39. The Bertz CT molecular complexity index is 1690. The lowest BCUT2D eigenvalue weighted by molar-refractivity contribution is -0.245. The zero-order valence-electron chi connectivity index (χ0n) is 25.7. The van der Waals surface area contributed by atoms with Crippen LogP contribution in [0.5, 0.6) is 0 Å². The van der Waals surface area contributed by atoms with E-state index in [1.165, 1.54) is 18.1 Å². The molecular formula is C34H34F3N5O5S. The Morgan fingerprint density at radius 1 is 1.00 bits per heavy atom. The van der Waals surface area contributed by atoms with E-state index in [1.807, 2.05) is 72.8 Å². The van der Waals surface area contributed by atoms with Crippen molar-refractivity contribution in [2.45, 2.75) is 68.3 Å². The topological polar surface area (TPSA) is 130 Å². The Labute approximate surface area is 279 Å². The van der Waals surface area contributed by atoms with Crippen LogP contribution in [0.1, 0.15) is 53.9 Å². The number of hydrogen-bond donors (Lipinski definition) is 3. The van der Waals surface area contributed by atoms with Crippen molar-refractivity contribution in [3.8, 4) is 11.1 Å². The van der Waals surface area contributed by atoms with E-state index in [9.17, 15) is 27.9 Å². The smallest absolute Gasteiger partial charge is 0.392 e. The monoisotopic (exact) mass is 681 g/mol. The number of thioether (sulfide) groups is 1. The van der Waals surface area contributed by atoms with Gasteiger partial charge in [-0.05, 0) is 46.7 Å². The number of aliphatic hydroxyl groups excluding tert-OH is 1. The SMILES string of the molecule is O=C(NCc1cccc(-c2ccc([C@@H]3O[C@H](CSc4ncn[nH]4)C[C@H](c4ccc(CO)cc4)O3)cc2)c1)[C@@H]1CCCN1C(=O)C(F)(F)F. The summed E-state index contributed by atoms with van der Waals surface area (Å²) in [5.74, 6) is -1.95. The normalized spacial score (nSPS) is 21.3. The van der Waals surface area contributed by atoms with Crippen LogP contribution in [0.2, 0.25) is 0 Å². The standard InChI is InChI=1S/C34H34F3N5O5S/c35-34(36,37)32(45)42-14-2-5-28(42)30(44)38-17-22-3-1-4-26(15-22)23-10-12-25(13-11-23)31-46-27(19-48-33-39-20-40-41-33)16-29(47-31)24-8-6-21(18-43)7-9-24/h1,3-4,6-13,15,20,27-29,31,43H,2,5,14,16-19H2,(H,38,44)(H,39,40,41)/t27-,28-,29+,31+/m0/s1. The minimum atomic E-state index is -5.02. The lowest BCUT2D eigenvalue weighted by atomic mass is 9.99. The van der Waals surface area contributed by atoms with Gasteiger partial charge in [0.15, 0.2) is 11.4 Å². The summed E-state index contributed by atoms with van der Waals surface area (Å²) in [5.41, 5.74) is 5.20. The zero-order chi connectivity index (χ0) is 33.7. The summed E-state index contributed by atoms with van der Waals surface area (Å²) < 4.78 is 51.8. The number of halogens is 3. The van der Waals surface area contributed by atoms with E-state index < -0.39 is 30.3 Å². The highest BCUT2D eigenvalue weighted by molar-refractivity contribution is 7.99. The van der Waals surface area contributed by atoms with Crippen molar-refractivity contribution in [1.82, 2.24) is 25.4 Å². The average molecular weight is 682 g/mol. The van der Waals surface area contributed by atoms with Crippen LogP contribution >= 0.6 is 11.8 Å². The van der Waals surface area contributed by atoms with Gasteiger partial charge in [0, 0.05) is 30.8 Å². The molecule has 0 aliphatic carbocycles. The molecule has 2 saturated heterocycles. The molecule has 14 heteroatoms. The molecule has 10 nitrogen and oxygen atoms in total. The molecule has 0 unspecified atom stereocenters. The van der Waals surface area contributed by atoms with Gasteiger partial charge in [-0.15, -0.1) is 0 Å². The summed E-state index contributed by atoms with van der Waals surface area (Å²) in [6.07, 6.45) is -3.40. The molecule has 0 radical (unpaired) electrons. The molecule has 0 saturated carbocycles. The number of carbonyl (C=O) groups excluding carboxylic acids is 2. The minimum absolute atomic E-state index is 0.0371. The predicted molar refractivity (Wildman–Crippen MR) is 170 cm³/mol. The second-order valence-corrected chi connectivity index (χ2v) is 12.7. The third-order valence-electron chi connectivity index (χ3n) is 8.38. The van der Waals surface area contributed by atoms with Crippen molar-refractivity contribution in [1.29, 1.82) is 0 Å². The van der Waals surface area contributed by atoms with E-state index >= 15 is 0 Å². The molecule has 4 atom stereocenters. The second kappa shape index (κ2) is 14.9. The number of aliphatic hydroxyl groups is 1. The molecule has 3 aromatic carbocycles. The predicted octanol–water partition coefficient (Wildman–Crippen LogP) is 5.47. The van der Waals surface area contributed by atoms with Crippen LogP contribution in [0.4, 0.5) is 13.2 Å². The molecule has 0 bridgehead atoms. The molecule has 6 rings (SSSR count). The highest BCUT2D eigenvalue weighted by Gasteiger charge is 2.47. The van der Waals surface area contributed by atoms with E-state index in [0.29, 0.717) is 28.7 Å². The first kappa shape index (κ1) is 33.7. The molecular weight excluding hydrogens is 647 g/mol. The van der Waals surface area contributed by atoms with Crippen LogP contribution in [-0.4, -0.2) is 67.6 Å². The molecule has 2 amide bonds. The van der Waals surface area contributed by atoms with Crippen molar-refractivity contribution < 1.29 is 37.3 Å². The number of aromatic amines is 1. The largest absolute Gasteiger partial charge is 0.471 e. The number of H-pyrrole nitrogens is 1. The molecule has 4 aromatic rings. The van der Waals surface area contributed by atoms with Gasteiger partial charge < -0.3 is 24.8 Å². The third kappa shape index (κ3) is 8.06. The minimum Gasteiger partial charge on any atom is -0.392 e. The maximum Gasteiger partial charge on any atom is 0.471 e. The number of nitrogens with zero attached hydrogens (tertiary/aromatic N) is 3. The summed E-state index contributed by atoms with van der Waals surface area (Å²) in [4.78, 5) is 29.3. The Balaban J connectivity index is 1.12. The number of benzene rings is 3. The summed E-state index contributed by atoms with van der Waals surface area (Å²) in [6, 6.07) is 21.8. The highest BCUT2D eigenvalue weighted by Crippen LogP contribution is 2.39. The van der Waals surface area contributed by atoms with Gasteiger partial charge in [-0.25, -0.2) is 4.98 Å². The molecule has 252 valence electrons. The van der Waals surface area contributed by atoms with E-state index in [1.54, 1.807) is 0 Å². The van der Waals surface area contributed by atoms with E-state index in [2.05, 4.69) is 20.5 Å². The molecule has 3 heterocycles. The molecule has 1 aromatic heterocycles. The van der Waals surface area contributed by atoms with Crippen molar-refractivity contribution in [2.24, 2.45) is 0 Å². The Hall–Kier alpha value is -4.24. The van der Waals surface area contributed by atoms with Crippen molar-refractivity contribution in [3.63, 3.8) is 0 Å². The van der Waals surface area contributed by atoms with Crippen LogP contribution in [0.25, 0.3) is 11.1 Å². The van der Waals surface area contributed by atoms with Crippen LogP contribution in [0, 0.1) is 0 Å². The maximum atomic E-state index is 13.0. The van der Waals surface area contributed by atoms with Crippen LogP contribution in [0.15, 0.2) is 84.3 Å². The highest BCUT2D eigenvalue weighted by atomic mass is 32.2. The fourth-order valence-corrected chi connectivity index (χ4v) is 6.70. The van der Waals surface area contributed by atoms with E-state index in [-0.39, 0.29) is 38.3 Å². The van der Waals surface area contributed by atoms with Gasteiger partial charge in [0.1, 0.15) is 12.4 Å². The molecule has 2 fully saturated rings. The first-order valence-electron chi connectivity index (χ1n) is 15.5. The summed E-state index contributed by atoms with van der Waals surface area (Å²) in [5, 5.41) is 19.6. The average Bonchev–Trinajstić information content (AvgIpc) is 3.82. The number of ether oxygens (including phenoxy) is 2. The van der Waals surface area contributed by atoms with Gasteiger partial charge in [0.2, 0.25) is 5.91 Å². The van der Waals surface area contributed by atoms with Crippen molar-refractivity contribution in [2.75, 3.05) is 12.3 Å². The first-order valence-corrected chi connectivity index (χ1v) is 16.5. The number of hydrogen-bond acceptors (Lipinski definition) is 8. The molecule has 48 heavy (non-hydrogen) atoms. The summed E-state index contributed by atoms with van der Waals surface area (Å²) in [6.45, 7) is -0.0304. The van der Waals surface area contributed by atoms with Gasteiger partial charge in [-0.2, -0.15) is 18.3 Å². The molecule has 0 spiro atoms. The Kier molecular flexibility index (Phi) is 10.4. The summed E-state index contributed by atoms with van der Waals surface area (Å²) >= 11 is 1.52. The summed E-state index contributed by atoms with van der Waals surface area (Å²) in [7, 11) is 0. The van der Waals surface area contributed by atoms with Gasteiger partial charge in [-0.1, -0.05) is 78.5 Å². The fraction of sp³-hybridized carbons (Fsp3) is 0.353. The number of likely N-dealkylation sites (tertiary alicyclic amines) is 1. The number of amides is 2. The van der Waals surface area contributed by atoms with E-state index in [0.717, 1.165) is 33.4 Å². The first-order chi connectivity index (χ1) is 23.2. The number of rotatable bonds is 10. The molecule has 2 aliphatic heterocycles. The number of aromatic nitrogens is 3. The van der Waals surface area contributed by atoms with Crippen LogP contribution in [-0.2, 0) is 32.2 Å². The Morgan fingerprint density at radius 3 is 2.48 bits per heavy atom. The lowest BCUT2D eigenvalue weighted by Gasteiger charge is -2.36. The van der Waals surface area contributed by atoms with Gasteiger partial charge >= 0.3 is 12.1 Å². The van der Waals surface area contributed by atoms with Crippen molar-refractivity contribution in [3.05, 3.63) is 101 Å². The van der Waals surface area contributed by atoms with Crippen molar-refractivity contribution >= 4 is 23.6 Å². The quantitative estimate of drug-likeness (QED) is 0.188. The molecule has 3 N–H and O–H groups in total. The number of alkyl halides is 3. The van der Waals surface area contributed by atoms with E-state index in [4.69, 9.17) is 9.47 Å². The second-order valence-electron chi connectivity index (χ2n) is 11.6. The van der Waals surface area contributed by atoms with Gasteiger partial charge in [0.05, 0.1) is 18.8 Å². The molecule has 2 aliphatic rings. The number of carbonyl (C=O) groups is 2. The lowest BCUT2D eigenvalue weighted by Crippen LogP contribution is -2.50. The van der Waals surface area contributed by atoms with Gasteiger partial charge in [0.25, 0.3) is 0 Å². The van der Waals surface area contributed by atoms with Crippen LogP contribution in [0.3, 0.4) is 0 Å². The fourth-order valence-electron chi connectivity index (χ4n) is 5.90. The maximum absolute atomic E-state index is 13.0. The van der Waals surface area contributed by atoms with Gasteiger partial charge in [-0.3, -0.25) is 14.7 Å². The number of nitrogens with one attached hydrogen (secondary N) is 2. The Morgan fingerprint density at radius 2 is 1.77 bits per heavy atom.